The van der Waals surface area contributed by atoms with Gasteiger partial charge in [0.15, 0.2) is 0 Å². The summed E-state index contributed by atoms with van der Waals surface area (Å²) in [5.74, 6) is -0.259. The molecule has 4 rings (SSSR count). The molecule has 1 aromatic heterocycles. The fraction of sp³-hybridized carbons (Fsp3) is 0.423. The molecule has 8 heteroatoms. The van der Waals surface area contributed by atoms with E-state index in [1.165, 1.54) is 0 Å². The van der Waals surface area contributed by atoms with Crippen molar-refractivity contribution in [2.24, 2.45) is 7.05 Å². The van der Waals surface area contributed by atoms with Crippen LogP contribution in [0.15, 0.2) is 36.9 Å². The highest BCUT2D eigenvalue weighted by Crippen LogP contribution is 2.37. The SMILES string of the molecule is C=C/C(=C\c1c(C)c(COC)nn1C)c1ccc(C(=O)N2CCN(C(=O)C3(O)CC3)CC2)cc1. The Labute approximate surface area is 200 Å². The molecule has 2 aromatic rings. The van der Waals surface area contributed by atoms with Gasteiger partial charge in [0.2, 0.25) is 0 Å². The fourth-order valence-corrected chi connectivity index (χ4v) is 4.31. The topological polar surface area (TPSA) is 87.9 Å². The highest BCUT2D eigenvalue weighted by Gasteiger charge is 2.50. The van der Waals surface area contributed by atoms with Crippen molar-refractivity contribution in [2.75, 3.05) is 33.3 Å². The van der Waals surface area contributed by atoms with Gasteiger partial charge in [-0.3, -0.25) is 14.3 Å². The number of methoxy groups -OCH3 is 1. The van der Waals surface area contributed by atoms with Crippen LogP contribution in [0, 0.1) is 6.92 Å². The van der Waals surface area contributed by atoms with Crippen LogP contribution in [0.3, 0.4) is 0 Å². The number of aliphatic hydroxyl groups is 1. The first-order valence-electron chi connectivity index (χ1n) is 11.5. The summed E-state index contributed by atoms with van der Waals surface area (Å²) >= 11 is 0. The lowest BCUT2D eigenvalue weighted by atomic mass is 10.0. The second-order valence-electron chi connectivity index (χ2n) is 9.01. The average molecular weight is 465 g/mol. The van der Waals surface area contributed by atoms with Gasteiger partial charge in [0.25, 0.3) is 11.8 Å². The molecule has 2 heterocycles. The molecule has 0 bridgehead atoms. The van der Waals surface area contributed by atoms with Gasteiger partial charge in [-0.15, -0.1) is 0 Å². The molecular formula is C26H32N4O4. The second-order valence-corrected chi connectivity index (χ2v) is 9.01. The number of ether oxygens (including phenoxy) is 1. The van der Waals surface area contributed by atoms with Gasteiger partial charge in [-0.25, -0.2) is 0 Å². The molecule has 2 aliphatic rings. The molecule has 34 heavy (non-hydrogen) atoms. The van der Waals surface area contributed by atoms with Crippen molar-refractivity contribution in [3.63, 3.8) is 0 Å². The molecule has 1 saturated carbocycles. The Bertz CT molecular complexity index is 1120. The van der Waals surface area contributed by atoms with Crippen LogP contribution in [-0.2, 0) is 23.2 Å². The van der Waals surface area contributed by atoms with E-state index in [1.54, 1.807) is 23.0 Å². The summed E-state index contributed by atoms with van der Waals surface area (Å²) in [7, 11) is 3.55. The van der Waals surface area contributed by atoms with Crippen molar-refractivity contribution in [1.82, 2.24) is 19.6 Å². The first-order chi connectivity index (χ1) is 16.3. The van der Waals surface area contributed by atoms with Gasteiger partial charge in [-0.05, 0) is 54.7 Å². The number of rotatable bonds is 7. The predicted molar refractivity (Wildman–Crippen MR) is 130 cm³/mol. The number of carbonyl (C=O) groups is 2. The van der Waals surface area contributed by atoms with Gasteiger partial charge in [0.05, 0.1) is 18.0 Å². The van der Waals surface area contributed by atoms with Crippen LogP contribution in [0.4, 0.5) is 0 Å². The Morgan fingerprint density at radius 3 is 2.26 bits per heavy atom. The Balaban J connectivity index is 1.44. The summed E-state index contributed by atoms with van der Waals surface area (Å²) in [5, 5.41) is 14.6. The molecule has 2 fully saturated rings. The summed E-state index contributed by atoms with van der Waals surface area (Å²) in [4.78, 5) is 28.7. The highest BCUT2D eigenvalue weighted by atomic mass is 16.5. The summed E-state index contributed by atoms with van der Waals surface area (Å²) in [6, 6.07) is 7.49. The number of amides is 2. The van der Waals surface area contributed by atoms with Crippen LogP contribution in [0.25, 0.3) is 11.6 Å². The smallest absolute Gasteiger partial charge is 0.254 e. The molecule has 1 aliphatic carbocycles. The molecule has 180 valence electrons. The van der Waals surface area contributed by atoms with E-state index in [-0.39, 0.29) is 11.8 Å². The van der Waals surface area contributed by atoms with Crippen LogP contribution < -0.4 is 0 Å². The Morgan fingerprint density at radius 2 is 1.71 bits per heavy atom. The predicted octanol–water partition coefficient (Wildman–Crippen LogP) is 2.41. The van der Waals surface area contributed by atoms with Gasteiger partial charge >= 0.3 is 0 Å². The molecule has 0 atom stereocenters. The summed E-state index contributed by atoms with van der Waals surface area (Å²) in [6.07, 6.45) is 4.90. The number of carbonyl (C=O) groups excluding carboxylic acids is 2. The van der Waals surface area contributed by atoms with Crippen molar-refractivity contribution >= 4 is 23.5 Å². The molecular weight excluding hydrogens is 432 g/mol. The third-order valence-electron chi connectivity index (χ3n) is 6.67. The van der Waals surface area contributed by atoms with Gasteiger partial charge in [-0.1, -0.05) is 24.8 Å². The van der Waals surface area contributed by atoms with Crippen LogP contribution in [0.2, 0.25) is 0 Å². The fourth-order valence-electron chi connectivity index (χ4n) is 4.31. The van der Waals surface area contributed by atoms with Crippen LogP contribution in [-0.4, -0.2) is 75.4 Å². The van der Waals surface area contributed by atoms with E-state index >= 15 is 0 Å². The lowest BCUT2D eigenvalue weighted by Crippen LogP contribution is -2.53. The zero-order valence-electron chi connectivity index (χ0n) is 20.1. The molecule has 1 aliphatic heterocycles. The van der Waals surface area contributed by atoms with E-state index in [1.807, 2.05) is 49.0 Å². The Hall–Kier alpha value is -3.23. The number of aromatic nitrogens is 2. The summed E-state index contributed by atoms with van der Waals surface area (Å²) < 4.78 is 7.06. The van der Waals surface area contributed by atoms with Crippen molar-refractivity contribution < 1.29 is 19.4 Å². The minimum atomic E-state index is -1.16. The van der Waals surface area contributed by atoms with Gasteiger partial charge in [0, 0.05) is 45.9 Å². The molecule has 2 amide bonds. The van der Waals surface area contributed by atoms with Gasteiger partial charge in [-0.2, -0.15) is 5.10 Å². The molecule has 1 saturated heterocycles. The first-order valence-corrected chi connectivity index (χ1v) is 11.5. The molecule has 8 nitrogen and oxygen atoms in total. The number of hydrogen-bond acceptors (Lipinski definition) is 5. The molecule has 0 spiro atoms. The largest absolute Gasteiger partial charge is 0.380 e. The number of piperazine rings is 1. The summed E-state index contributed by atoms with van der Waals surface area (Å²) in [6.45, 7) is 8.26. The Kier molecular flexibility index (Phi) is 6.72. The highest BCUT2D eigenvalue weighted by molar-refractivity contribution is 5.96. The van der Waals surface area contributed by atoms with Crippen LogP contribution in [0.1, 0.15) is 45.7 Å². The van der Waals surface area contributed by atoms with E-state index < -0.39 is 5.60 Å². The maximum atomic E-state index is 13.0. The van der Waals surface area contributed by atoms with E-state index in [2.05, 4.69) is 11.7 Å². The minimum absolute atomic E-state index is 0.0559. The van der Waals surface area contributed by atoms with E-state index in [0.717, 1.165) is 28.1 Å². The first kappa shape index (κ1) is 23.9. The van der Waals surface area contributed by atoms with Gasteiger partial charge < -0.3 is 19.6 Å². The van der Waals surface area contributed by atoms with Crippen molar-refractivity contribution in [2.45, 2.75) is 32.0 Å². The number of nitrogens with zero attached hydrogens (tertiary/aromatic N) is 4. The average Bonchev–Trinajstić information content (AvgIpc) is 3.55. The maximum Gasteiger partial charge on any atom is 0.254 e. The minimum Gasteiger partial charge on any atom is -0.380 e. The van der Waals surface area contributed by atoms with Crippen molar-refractivity contribution in [3.05, 3.63) is 65.0 Å². The zero-order valence-corrected chi connectivity index (χ0v) is 20.1. The molecule has 0 radical (unpaired) electrons. The van der Waals surface area contributed by atoms with Crippen molar-refractivity contribution in [1.29, 1.82) is 0 Å². The van der Waals surface area contributed by atoms with Crippen molar-refractivity contribution in [3.8, 4) is 0 Å². The quantitative estimate of drug-likeness (QED) is 0.636. The lowest BCUT2D eigenvalue weighted by Gasteiger charge is -2.35. The summed E-state index contributed by atoms with van der Waals surface area (Å²) in [5.41, 5.74) is 4.26. The molecule has 1 N–H and O–H groups in total. The van der Waals surface area contributed by atoms with Crippen LogP contribution in [0.5, 0.6) is 0 Å². The molecule has 1 aromatic carbocycles. The lowest BCUT2D eigenvalue weighted by molar-refractivity contribution is -0.143. The number of allylic oxidation sites excluding steroid dienone is 2. The Morgan fingerprint density at radius 1 is 1.12 bits per heavy atom. The van der Waals surface area contributed by atoms with Gasteiger partial charge in [0.1, 0.15) is 5.60 Å². The second kappa shape index (κ2) is 9.56. The number of benzene rings is 1. The number of hydrogen-bond donors (Lipinski definition) is 1. The van der Waals surface area contributed by atoms with Crippen LogP contribution >= 0.6 is 0 Å². The third kappa shape index (κ3) is 4.69. The normalized spacial score (nSPS) is 17.6. The maximum absolute atomic E-state index is 13.0. The monoisotopic (exact) mass is 464 g/mol. The molecule has 0 unspecified atom stereocenters. The van der Waals surface area contributed by atoms with E-state index in [4.69, 9.17) is 4.74 Å². The standard InChI is InChI=1S/C26H32N4O4/c1-5-19(16-23-18(2)22(17-34-4)27-28(23)3)20-6-8-21(9-7-20)24(31)29-12-14-30(15-13-29)25(32)26(33)10-11-26/h5-9,16,33H,1,10-15,17H2,2-4H3/b19-16+. The van der Waals surface area contributed by atoms with E-state index in [0.29, 0.717) is 51.2 Å². The third-order valence-corrected chi connectivity index (χ3v) is 6.67. The zero-order chi connectivity index (χ0) is 24.5. The van der Waals surface area contributed by atoms with E-state index in [9.17, 15) is 14.7 Å². The number of aryl methyl sites for hydroxylation is 1.